The molecule has 0 aliphatic carbocycles. The first kappa shape index (κ1) is 21.1. The Labute approximate surface area is 197 Å². The van der Waals surface area contributed by atoms with Gasteiger partial charge in [-0.25, -0.2) is 0 Å². The molecule has 0 aromatic heterocycles. The van der Waals surface area contributed by atoms with Gasteiger partial charge in [-0.1, -0.05) is 48.0 Å². The van der Waals surface area contributed by atoms with Crippen LogP contribution in [-0.4, -0.2) is 42.9 Å². The zero-order chi connectivity index (χ0) is 22.8. The number of fused-ring (bicyclic) bond motifs is 1. The summed E-state index contributed by atoms with van der Waals surface area (Å²) in [6, 6.07) is 22.5. The predicted molar refractivity (Wildman–Crippen MR) is 130 cm³/mol. The van der Waals surface area contributed by atoms with E-state index in [0.717, 1.165) is 13.1 Å². The molecule has 3 aromatic carbocycles. The highest BCUT2D eigenvalue weighted by atomic mass is 35.5. The highest BCUT2D eigenvalue weighted by molar-refractivity contribution is 6.32. The first-order chi connectivity index (χ1) is 16.1. The quantitative estimate of drug-likeness (QED) is 0.578. The van der Waals surface area contributed by atoms with Crippen molar-refractivity contribution in [2.24, 2.45) is 0 Å². The second kappa shape index (κ2) is 9.00. The third-order valence-electron chi connectivity index (χ3n) is 5.80. The van der Waals surface area contributed by atoms with Gasteiger partial charge in [0.15, 0.2) is 11.5 Å². The third kappa shape index (κ3) is 4.43. The molecule has 0 bridgehead atoms. The van der Waals surface area contributed by atoms with E-state index in [1.165, 1.54) is 5.69 Å². The number of nitrogens with zero attached hydrogens (tertiary/aromatic N) is 2. The van der Waals surface area contributed by atoms with E-state index in [4.69, 9.17) is 16.3 Å². The molecule has 166 valence electrons. The first-order valence-corrected chi connectivity index (χ1v) is 11.1. The van der Waals surface area contributed by atoms with Gasteiger partial charge in [0.1, 0.15) is 0 Å². The molecule has 2 aliphatic rings. The van der Waals surface area contributed by atoms with Gasteiger partial charge < -0.3 is 19.9 Å². The number of nitrogens with one attached hydrogen (secondary N) is 1. The standard InChI is InChI=1S/C26H22ClN3O3/c27-21-9-5-4-6-18(21)17-24-25(31)28-22-16-19(10-11-23(22)33-24)26(32)30-14-12-29(13-15-30)20-7-2-1-3-8-20/h1-11,16-17H,12-15H2,(H,28,31). The molecule has 2 heterocycles. The van der Waals surface area contributed by atoms with Crippen LogP contribution in [0.1, 0.15) is 15.9 Å². The van der Waals surface area contributed by atoms with Gasteiger partial charge in [0.25, 0.3) is 11.8 Å². The summed E-state index contributed by atoms with van der Waals surface area (Å²) in [7, 11) is 0. The van der Waals surface area contributed by atoms with Crippen LogP contribution in [0.5, 0.6) is 5.75 Å². The molecule has 2 aliphatic heterocycles. The largest absolute Gasteiger partial charge is 0.449 e. The Balaban J connectivity index is 1.29. The van der Waals surface area contributed by atoms with Gasteiger partial charge in [-0.05, 0) is 48.0 Å². The van der Waals surface area contributed by atoms with Gasteiger partial charge >= 0.3 is 0 Å². The summed E-state index contributed by atoms with van der Waals surface area (Å²) in [5.41, 5.74) is 2.85. The summed E-state index contributed by atoms with van der Waals surface area (Å²) in [4.78, 5) is 29.8. The second-order valence-corrected chi connectivity index (χ2v) is 8.32. The van der Waals surface area contributed by atoms with Gasteiger partial charge in [0.2, 0.25) is 0 Å². The maximum Gasteiger partial charge on any atom is 0.291 e. The number of para-hydroxylation sites is 1. The average Bonchev–Trinajstić information content (AvgIpc) is 2.86. The van der Waals surface area contributed by atoms with Crippen molar-refractivity contribution in [3.8, 4) is 5.75 Å². The van der Waals surface area contributed by atoms with Crippen LogP contribution in [0.15, 0.2) is 78.6 Å². The Hall–Kier alpha value is -3.77. The number of piperazine rings is 1. The predicted octanol–water partition coefficient (Wildman–Crippen LogP) is 4.67. The molecule has 0 radical (unpaired) electrons. The Morgan fingerprint density at radius 1 is 0.939 bits per heavy atom. The van der Waals surface area contributed by atoms with E-state index in [1.807, 2.05) is 35.2 Å². The molecule has 3 aromatic rings. The second-order valence-electron chi connectivity index (χ2n) is 7.91. The van der Waals surface area contributed by atoms with E-state index >= 15 is 0 Å². The van der Waals surface area contributed by atoms with E-state index in [9.17, 15) is 9.59 Å². The molecule has 1 fully saturated rings. The number of ether oxygens (including phenoxy) is 1. The summed E-state index contributed by atoms with van der Waals surface area (Å²) in [6.07, 6.45) is 1.60. The molecule has 0 saturated carbocycles. The fraction of sp³-hybridized carbons (Fsp3) is 0.154. The number of rotatable bonds is 3. The van der Waals surface area contributed by atoms with Crippen molar-refractivity contribution in [2.75, 3.05) is 36.4 Å². The molecular weight excluding hydrogens is 438 g/mol. The van der Waals surface area contributed by atoms with Crippen molar-refractivity contribution >= 4 is 40.9 Å². The summed E-state index contributed by atoms with van der Waals surface area (Å²) in [6.45, 7) is 2.82. The van der Waals surface area contributed by atoms with Gasteiger partial charge in [0, 0.05) is 42.5 Å². The van der Waals surface area contributed by atoms with Crippen LogP contribution in [0.2, 0.25) is 5.02 Å². The summed E-state index contributed by atoms with van der Waals surface area (Å²) >= 11 is 6.19. The lowest BCUT2D eigenvalue weighted by atomic mass is 10.1. The topological polar surface area (TPSA) is 61.9 Å². The van der Waals surface area contributed by atoms with E-state index in [0.29, 0.717) is 40.7 Å². The fourth-order valence-electron chi connectivity index (χ4n) is 4.02. The average molecular weight is 460 g/mol. The van der Waals surface area contributed by atoms with Crippen LogP contribution in [0, 0.1) is 0 Å². The van der Waals surface area contributed by atoms with Crippen molar-refractivity contribution in [1.82, 2.24) is 4.90 Å². The third-order valence-corrected chi connectivity index (χ3v) is 6.14. The number of halogens is 1. The molecule has 6 nitrogen and oxygen atoms in total. The van der Waals surface area contributed by atoms with Gasteiger partial charge in [0.05, 0.1) is 5.69 Å². The van der Waals surface area contributed by atoms with Gasteiger partial charge in [-0.2, -0.15) is 0 Å². The molecule has 5 rings (SSSR count). The van der Waals surface area contributed by atoms with Crippen LogP contribution in [-0.2, 0) is 4.79 Å². The Morgan fingerprint density at radius 2 is 1.67 bits per heavy atom. The molecule has 2 amide bonds. The molecule has 33 heavy (non-hydrogen) atoms. The summed E-state index contributed by atoms with van der Waals surface area (Å²) in [5, 5.41) is 3.35. The van der Waals surface area contributed by atoms with Gasteiger partial charge in [-0.15, -0.1) is 0 Å². The lowest BCUT2D eigenvalue weighted by Crippen LogP contribution is -2.48. The van der Waals surface area contributed by atoms with E-state index in [2.05, 4.69) is 22.3 Å². The van der Waals surface area contributed by atoms with Crippen LogP contribution in [0.25, 0.3) is 6.08 Å². The zero-order valence-electron chi connectivity index (χ0n) is 17.8. The van der Waals surface area contributed by atoms with E-state index in [-0.39, 0.29) is 17.6 Å². The fourth-order valence-corrected chi connectivity index (χ4v) is 4.21. The minimum absolute atomic E-state index is 0.0582. The maximum absolute atomic E-state index is 13.1. The molecule has 7 heteroatoms. The van der Waals surface area contributed by atoms with Crippen LogP contribution in [0.4, 0.5) is 11.4 Å². The number of benzene rings is 3. The lowest BCUT2D eigenvalue weighted by molar-refractivity contribution is -0.115. The van der Waals surface area contributed by atoms with E-state index in [1.54, 1.807) is 36.4 Å². The maximum atomic E-state index is 13.1. The molecule has 1 saturated heterocycles. The summed E-state index contributed by atoms with van der Waals surface area (Å²) < 4.78 is 5.81. The zero-order valence-corrected chi connectivity index (χ0v) is 18.6. The lowest BCUT2D eigenvalue weighted by Gasteiger charge is -2.36. The smallest absolute Gasteiger partial charge is 0.291 e. The van der Waals surface area contributed by atoms with Crippen LogP contribution in [0.3, 0.4) is 0 Å². The van der Waals surface area contributed by atoms with Crippen molar-refractivity contribution in [3.63, 3.8) is 0 Å². The SMILES string of the molecule is O=C1Nc2cc(C(=O)N3CCN(c4ccccc4)CC3)ccc2OC1=Cc1ccccc1Cl. The van der Waals surface area contributed by atoms with Crippen LogP contribution < -0.4 is 15.0 Å². The van der Waals surface area contributed by atoms with Gasteiger partial charge in [-0.3, -0.25) is 9.59 Å². The van der Waals surface area contributed by atoms with Crippen molar-refractivity contribution < 1.29 is 14.3 Å². The number of carbonyl (C=O) groups is 2. The highest BCUT2D eigenvalue weighted by Gasteiger charge is 2.26. The molecule has 0 unspecified atom stereocenters. The number of amides is 2. The molecule has 1 N–H and O–H groups in total. The van der Waals surface area contributed by atoms with Crippen molar-refractivity contribution in [3.05, 3.63) is 94.7 Å². The van der Waals surface area contributed by atoms with Crippen molar-refractivity contribution in [2.45, 2.75) is 0 Å². The van der Waals surface area contributed by atoms with E-state index < -0.39 is 0 Å². The molecule has 0 spiro atoms. The number of hydrogen-bond acceptors (Lipinski definition) is 4. The highest BCUT2D eigenvalue weighted by Crippen LogP contribution is 2.33. The Kier molecular flexibility index (Phi) is 5.75. The first-order valence-electron chi connectivity index (χ1n) is 10.8. The Bertz CT molecular complexity index is 1230. The Morgan fingerprint density at radius 3 is 2.42 bits per heavy atom. The minimum atomic E-state index is -0.386. The normalized spacial score (nSPS) is 16.8. The number of carbonyl (C=O) groups excluding carboxylic acids is 2. The number of hydrogen-bond donors (Lipinski definition) is 1. The van der Waals surface area contributed by atoms with Crippen LogP contribution >= 0.6 is 11.6 Å². The number of anilines is 2. The van der Waals surface area contributed by atoms with Crippen molar-refractivity contribution in [1.29, 1.82) is 0 Å². The monoisotopic (exact) mass is 459 g/mol. The summed E-state index contributed by atoms with van der Waals surface area (Å²) in [5.74, 6) is 0.186. The molecule has 0 atom stereocenters. The molecular formula is C26H22ClN3O3. The minimum Gasteiger partial charge on any atom is -0.449 e.